The van der Waals surface area contributed by atoms with Crippen molar-refractivity contribution in [3.8, 4) is 5.75 Å². The third-order valence-electron chi connectivity index (χ3n) is 1.88. The number of benzene rings is 1. The second-order valence-corrected chi connectivity index (χ2v) is 3.26. The van der Waals surface area contributed by atoms with Crippen molar-refractivity contribution in [2.45, 2.75) is 20.3 Å². The summed E-state index contributed by atoms with van der Waals surface area (Å²) in [7, 11) is 0. The lowest BCUT2D eigenvalue weighted by atomic mass is 10.1. The zero-order chi connectivity index (χ0) is 11.3. The lowest BCUT2D eigenvalue weighted by Gasteiger charge is -2.04. The van der Waals surface area contributed by atoms with E-state index in [1.54, 1.807) is 24.3 Å². The van der Waals surface area contributed by atoms with Gasteiger partial charge in [-0.1, -0.05) is 12.1 Å². The molecule has 0 saturated carbocycles. The molecule has 1 rings (SSSR count). The number of hydrogen-bond donors (Lipinski definition) is 0. The Morgan fingerprint density at radius 1 is 1.33 bits per heavy atom. The predicted molar refractivity (Wildman–Crippen MR) is 57.2 cm³/mol. The van der Waals surface area contributed by atoms with Crippen LogP contribution in [0.2, 0.25) is 0 Å². The molecule has 0 aromatic heterocycles. The van der Waals surface area contributed by atoms with E-state index >= 15 is 0 Å². The molecule has 0 radical (unpaired) electrons. The molecule has 0 amide bonds. The van der Waals surface area contributed by atoms with Crippen molar-refractivity contribution < 1.29 is 14.3 Å². The van der Waals surface area contributed by atoms with Gasteiger partial charge in [-0.3, -0.25) is 9.59 Å². The summed E-state index contributed by atoms with van der Waals surface area (Å²) in [5, 5.41) is 0. The van der Waals surface area contributed by atoms with Gasteiger partial charge in [-0.25, -0.2) is 0 Å². The smallest absolute Gasteiger partial charge is 0.170 e. The normalized spacial score (nSPS) is 9.73. The number of carbonyl (C=O) groups is 2. The highest BCUT2D eigenvalue weighted by Crippen LogP contribution is 2.14. The van der Waals surface area contributed by atoms with Crippen LogP contribution < -0.4 is 4.74 Å². The summed E-state index contributed by atoms with van der Waals surface area (Å²) in [5.41, 5.74) is 0.524. The largest absolute Gasteiger partial charge is 0.494 e. The van der Waals surface area contributed by atoms with E-state index in [1.807, 2.05) is 6.92 Å². The Labute approximate surface area is 89.1 Å². The maximum Gasteiger partial charge on any atom is 0.170 e. The highest BCUT2D eigenvalue weighted by molar-refractivity contribution is 6.07. The molecule has 0 heterocycles. The van der Waals surface area contributed by atoms with Crippen LogP contribution in [0.1, 0.15) is 30.6 Å². The minimum Gasteiger partial charge on any atom is -0.494 e. The molecule has 0 unspecified atom stereocenters. The van der Waals surface area contributed by atoms with E-state index in [4.69, 9.17) is 4.74 Å². The fourth-order valence-electron chi connectivity index (χ4n) is 1.25. The predicted octanol–water partition coefficient (Wildman–Crippen LogP) is 2.25. The van der Waals surface area contributed by atoms with Crippen LogP contribution in [-0.2, 0) is 4.79 Å². The highest BCUT2D eigenvalue weighted by Gasteiger charge is 2.08. The van der Waals surface area contributed by atoms with E-state index in [1.165, 1.54) is 6.92 Å². The molecular weight excluding hydrogens is 192 g/mol. The van der Waals surface area contributed by atoms with Crippen molar-refractivity contribution >= 4 is 11.6 Å². The van der Waals surface area contributed by atoms with Crippen LogP contribution in [-0.4, -0.2) is 18.2 Å². The minimum absolute atomic E-state index is 0.0461. The maximum atomic E-state index is 11.5. The Morgan fingerprint density at radius 2 is 2.07 bits per heavy atom. The highest BCUT2D eigenvalue weighted by atomic mass is 16.5. The summed E-state index contributed by atoms with van der Waals surface area (Å²) in [6, 6.07) is 6.88. The van der Waals surface area contributed by atoms with Crippen LogP contribution in [0.15, 0.2) is 24.3 Å². The average molecular weight is 206 g/mol. The standard InChI is InChI=1S/C12H14O3/c1-3-15-11-6-4-5-10(8-11)12(14)7-9(2)13/h4-6,8H,3,7H2,1-2H3. The first-order chi connectivity index (χ1) is 7.13. The quantitative estimate of drug-likeness (QED) is 0.548. The van der Waals surface area contributed by atoms with Gasteiger partial charge in [0.1, 0.15) is 11.5 Å². The van der Waals surface area contributed by atoms with Gasteiger partial charge in [0.05, 0.1) is 13.0 Å². The van der Waals surface area contributed by atoms with Crippen molar-refractivity contribution in [3.05, 3.63) is 29.8 Å². The fourth-order valence-corrected chi connectivity index (χ4v) is 1.25. The molecule has 0 aliphatic heterocycles. The minimum atomic E-state index is -0.163. The Kier molecular flexibility index (Phi) is 4.03. The summed E-state index contributed by atoms with van der Waals surface area (Å²) in [6.07, 6.45) is -0.0461. The second kappa shape index (κ2) is 5.29. The molecule has 0 aliphatic carbocycles. The third-order valence-corrected chi connectivity index (χ3v) is 1.88. The van der Waals surface area contributed by atoms with Crippen LogP contribution in [0.5, 0.6) is 5.75 Å². The fraction of sp³-hybridized carbons (Fsp3) is 0.333. The SMILES string of the molecule is CCOc1cccc(C(=O)CC(C)=O)c1. The van der Waals surface area contributed by atoms with Crippen molar-refractivity contribution in [3.63, 3.8) is 0 Å². The van der Waals surface area contributed by atoms with Gasteiger partial charge in [0, 0.05) is 5.56 Å². The van der Waals surface area contributed by atoms with Gasteiger partial charge in [-0.15, -0.1) is 0 Å². The van der Waals surface area contributed by atoms with Crippen LogP contribution in [0.3, 0.4) is 0 Å². The Balaban J connectivity index is 2.80. The Bertz CT molecular complexity index is 369. The zero-order valence-corrected chi connectivity index (χ0v) is 8.95. The molecule has 0 saturated heterocycles. The summed E-state index contributed by atoms with van der Waals surface area (Å²) >= 11 is 0. The molecule has 1 aromatic rings. The van der Waals surface area contributed by atoms with Gasteiger partial charge in [0.2, 0.25) is 0 Å². The van der Waals surface area contributed by atoms with Gasteiger partial charge in [-0.05, 0) is 26.0 Å². The van der Waals surface area contributed by atoms with Gasteiger partial charge >= 0.3 is 0 Å². The average Bonchev–Trinajstić information content (AvgIpc) is 2.17. The van der Waals surface area contributed by atoms with Crippen molar-refractivity contribution in [2.24, 2.45) is 0 Å². The Morgan fingerprint density at radius 3 is 2.67 bits per heavy atom. The summed E-state index contributed by atoms with van der Waals surface area (Å²) in [6.45, 7) is 3.85. The molecule has 0 N–H and O–H groups in total. The summed E-state index contributed by atoms with van der Waals surface area (Å²) < 4.78 is 5.26. The molecule has 15 heavy (non-hydrogen) atoms. The maximum absolute atomic E-state index is 11.5. The summed E-state index contributed by atoms with van der Waals surface area (Å²) in [5.74, 6) is 0.373. The molecule has 3 nitrogen and oxygen atoms in total. The van der Waals surface area contributed by atoms with E-state index in [0.717, 1.165) is 0 Å². The first-order valence-electron chi connectivity index (χ1n) is 4.89. The van der Waals surface area contributed by atoms with E-state index in [0.29, 0.717) is 17.9 Å². The van der Waals surface area contributed by atoms with Gasteiger partial charge in [0.15, 0.2) is 5.78 Å². The molecule has 1 aromatic carbocycles. The van der Waals surface area contributed by atoms with Crippen LogP contribution in [0, 0.1) is 0 Å². The first kappa shape index (κ1) is 11.4. The van der Waals surface area contributed by atoms with Crippen LogP contribution in [0.25, 0.3) is 0 Å². The van der Waals surface area contributed by atoms with Crippen LogP contribution in [0.4, 0.5) is 0 Å². The molecular formula is C12H14O3. The van der Waals surface area contributed by atoms with E-state index in [-0.39, 0.29) is 18.0 Å². The van der Waals surface area contributed by atoms with E-state index < -0.39 is 0 Å². The number of ketones is 2. The second-order valence-electron chi connectivity index (χ2n) is 3.26. The van der Waals surface area contributed by atoms with Crippen LogP contribution >= 0.6 is 0 Å². The van der Waals surface area contributed by atoms with E-state index in [9.17, 15) is 9.59 Å². The molecule has 0 spiro atoms. The zero-order valence-electron chi connectivity index (χ0n) is 8.95. The number of ether oxygens (including phenoxy) is 1. The lowest BCUT2D eigenvalue weighted by Crippen LogP contribution is -2.05. The lowest BCUT2D eigenvalue weighted by molar-refractivity contribution is -0.116. The van der Waals surface area contributed by atoms with E-state index in [2.05, 4.69) is 0 Å². The molecule has 0 aliphatic rings. The number of carbonyl (C=O) groups excluding carboxylic acids is 2. The van der Waals surface area contributed by atoms with Gasteiger partial charge in [0.25, 0.3) is 0 Å². The van der Waals surface area contributed by atoms with Gasteiger partial charge < -0.3 is 4.74 Å². The van der Waals surface area contributed by atoms with Crippen molar-refractivity contribution in [1.82, 2.24) is 0 Å². The number of rotatable bonds is 5. The molecule has 80 valence electrons. The first-order valence-corrected chi connectivity index (χ1v) is 4.89. The van der Waals surface area contributed by atoms with Crippen molar-refractivity contribution in [1.29, 1.82) is 0 Å². The number of Topliss-reactive ketones (excluding diaryl/α,β-unsaturated/α-hetero) is 2. The van der Waals surface area contributed by atoms with Crippen molar-refractivity contribution in [2.75, 3.05) is 6.61 Å². The topological polar surface area (TPSA) is 43.4 Å². The molecule has 0 bridgehead atoms. The number of hydrogen-bond acceptors (Lipinski definition) is 3. The molecule has 0 atom stereocenters. The molecule has 0 fully saturated rings. The van der Waals surface area contributed by atoms with Gasteiger partial charge in [-0.2, -0.15) is 0 Å². The molecule has 3 heteroatoms. The Hall–Kier alpha value is -1.64. The summed E-state index contributed by atoms with van der Waals surface area (Å²) in [4.78, 5) is 22.3. The monoisotopic (exact) mass is 206 g/mol. The third kappa shape index (κ3) is 3.54.